The number of rotatable bonds is 4. The zero-order valence-electron chi connectivity index (χ0n) is 10.2. The first-order valence-corrected chi connectivity index (χ1v) is 6.53. The molecule has 0 saturated carbocycles. The van der Waals surface area contributed by atoms with E-state index in [0.29, 0.717) is 18.1 Å². The molecule has 0 amide bonds. The number of carbonyl (C=O) groups excluding carboxylic acids is 1. The van der Waals surface area contributed by atoms with Crippen LogP contribution in [0.5, 0.6) is 0 Å². The van der Waals surface area contributed by atoms with Gasteiger partial charge in [-0.1, -0.05) is 28.0 Å². The predicted molar refractivity (Wildman–Crippen MR) is 71.1 cm³/mol. The van der Waals surface area contributed by atoms with Gasteiger partial charge in [0.15, 0.2) is 0 Å². The molecule has 0 aliphatic carbocycles. The van der Waals surface area contributed by atoms with Gasteiger partial charge in [0.1, 0.15) is 5.78 Å². The number of halogens is 1. The largest absolute Gasteiger partial charge is 0.338 e. The van der Waals surface area contributed by atoms with Gasteiger partial charge in [0, 0.05) is 16.5 Å². The van der Waals surface area contributed by atoms with E-state index < -0.39 is 0 Å². The molecule has 0 radical (unpaired) electrons. The fourth-order valence-corrected chi connectivity index (χ4v) is 1.84. The second-order valence-electron chi connectivity index (χ2n) is 4.00. The first kappa shape index (κ1) is 13.0. The molecule has 0 spiro atoms. The highest BCUT2D eigenvalue weighted by Crippen LogP contribution is 2.22. The van der Waals surface area contributed by atoms with Crippen LogP contribution < -0.4 is 0 Å². The SMILES string of the molecule is CCC(=O)C(C)c1nc(-c2ccc(Br)cc2)no1. The lowest BCUT2D eigenvalue weighted by molar-refractivity contribution is -0.120. The van der Waals surface area contributed by atoms with Crippen molar-refractivity contribution in [3.8, 4) is 11.4 Å². The van der Waals surface area contributed by atoms with E-state index in [-0.39, 0.29) is 11.7 Å². The summed E-state index contributed by atoms with van der Waals surface area (Å²) >= 11 is 3.37. The Morgan fingerprint density at radius 2 is 2.06 bits per heavy atom. The van der Waals surface area contributed by atoms with Gasteiger partial charge >= 0.3 is 0 Å². The highest BCUT2D eigenvalue weighted by molar-refractivity contribution is 9.10. The summed E-state index contributed by atoms with van der Waals surface area (Å²) < 4.78 is 6.13. The van der Waals surface area contributed by atoms with Crippen LogP contribution in [0.15, 0.2) is 33.3 Å². The molecule has 0 fully saturated rings. The van der Waals surface area contributed by atoms with Gasteiger partial charge in [-0.3, -0.25) is 4.79 Å². The van der Waals surface area contributed by atoms with Crippen molar-refractivity contribution in [3.05, 3.63) is 34.6 Å². The number of carbonyl (C=O) groups is 1. The van der Waals surface area contributed by atoms with E-state index in [1.165, 1.54) is 0 Å². The lowest BCUT2D eigenvalue weighted by Crippen LogP contribution is -2.07. The molecule has 94 valence electrons. The number of hydrogen-bond donors (Lipinski definition) is 0. The van der Waals surface area contributed by atoms with Crippen LogP contribution in [0.2, 0.25) is 0 Å². The molecule has 2 rings (SSSR count). The minimum Gasteiger partial charge on any atom is -0.338 e. The third-order valence-corrected chi connectivity index (χ3v) is 3.27. The van der Waals surface area contributed by atoms with Crippen LogP contribution >= 0.6 is 15.9 Å². The van der Waals surface area contributed by atoms with Crippen LogP contribution in [0, 0.1) is 0 Å². The second kappa shape index (κ2) is 5.44. The first-order valence-electron chi connectivity index (χ1n) is 5.74. The van der Waals surface area contributed by atoms with Gasteiger partial charge in [-0.2, -0.15) is 4.98 Å². The van der Waals surface area contributed by atoms with Crippen molar-refractivity contribution in [1.29, 1.82) is 0 Å². The molecule has 0 saturated heterocycles. The van der Waals surface area contributed by atoms with Gasteiger partial charge in [-0.25, -0.2) is 0 Å². The zero-order chi connectivity index (χ0) is 13.1. The van der Waals surface area contributed by atoms with Gasteiger partial charge in [-0.15, -0.1) is 0 Å². The van der Waals surface area contributed by atoms with Crippen LogP contribution in [0.4, 0.5) is 0 Å². The third-order valence-electron chi connectivity index (χ3n) is 2.75. The van der Waals surface area contributed by atoms with E-state index in [4.69, 9.17) is 4.52 Å². The Hall–Kier alpha value is -1.49. The molecule has 4 nitrogen and oxygen atoms in total. The summed E-state index contributed by atoms with van der Waals surface area (Å²) in [6.45, 7) is 3.61. The first-order chi connectivity index (χ1) is 8.61. The average Bonchev–Trinajstić information content (AvgIpc) is 2.87. The van der Waals surface area contributed by atoms with E-state index >= 15 is 0 Å². The zero-order valence-corrected chi connectivity index (χ0v) is 11.8. The summed E-state index contributed by atoms with van der Waals surface area (Å²) in [6.07, 6.45) is 0.469. The summed E-state index contributed by atoms with van der Waals surface area (Å²) in [7, 11) is 0. The highest BCUT2D eigenvalue weighted by atomic mass is 79.9. The average molecular weight is 309 g/mol. The Bertz CT molecular complexity index is 548. The minimum atomic E-state index is -0.341. The molecule has 0 bridgehead atoms. The number of ketones is 1. The number of nitrogens with zero attached hydrogens (tertiary/aromatic N) is 2. The molecule has 5 heteroatoms. The summed E-state index contributed by atoms with van der Waals surface area (Å²) in [4.78, 5) is 15.8. The molecule has 2 aromatic rings. The lowest BCUT2D eigenvalue weighted by Gasteiger charge is -2.01. The fraction of sp³-hybridized carbons (Fsp3) is 0.308. The van der Waals surface area contributed by atoms with Crippen molar-refractivity contribution in [2.45, 2.75) is 26.2 Å². The van der Waals surface area contributed by atoms with Crippen molar-refractivity contribution in [2.24, 2.45) is 0 Å². The van der Waals surface area contributed by atoms with E-state index in [0.717, 1.165) is 10.0 Å². The molecule has 1 aromatic carbocycles. The number of hydrogen-bond acceptors (Lipinski definition) is 4. The molecule has 0 N–H and O–H groups in total. The Labute approximate surface area is 114 Å². The maximum absolute atomic E-state index is 11.6. The Morgan fingerprint density at radius 1 is 1.39 bits per heavy atom. The number of Topliss-reactive ketones (excluding diaryl/α,β-unsaturated/α-hetero) is 1. The van der Waals surface area contributed by atoms with Gasteiger partial charge in [0.05, 0.1) is 5.92 Å². The van der Waals surface area contributed by atoms with Gasteiger partial charge in [-0.05, 0) is 31.2 Å². The molecule has 1 aromatic heterocycles. The smallest absolute Gasteiger partial charge is 0.237 e. The normalized spacial score (nSPS) is 12.4. The quantitative estimate of drug-likeness (QED) is 0.866. The van der Waals surface area contributed by atoms with Crippen LogP contribution in [0.25, 0.3) is 11.4 Å². The molecule has 0 aliphatic rings. The molecule has 1 unspecified atom stereocenters. The third kappa shape index (κ3) is 2.67. The van der Waals surface area contributed by atoms with Crippen LogP contribution in [-0.4, -0.2) is 15.9 Å². The van der Waals surface area contributed by atoms with Gasteiger partial charge in [0.2, 0.25) is 11.7 Å². The molecule has 18 heavy (non-hydrogen) atoms. The number of aromatic nitrogens is 2. The standard InChI is InChI=1S/C13H13BrN2O2/c1-3-11(17)8(2)13-15-12(16-18-13)9-4-6-10(14)7-5-9/h4-8H,3H2,1-2H3. The van der Waals surface area contributed by atoms with Gasteiger partial charge < -0.3 is 4.52 Å². The molecular weight excluding hydrogens is 296 g/mol. The van der Waals surface area contributed by atoms with Crippen LogP contribution in [0.1, 0.15) is 32.1 Å². The molecule has 0 aliphatic heterocycles. The summed E-state index contributed by atoms with van der Waals surface area (Å²) in [5.41, 5.74) is 0.865. The summed E-state index contributed by atoms with van der Waals surface area (Å²) in [5, 5.41) is 3.90. The number of benzene rings is 1. The highest BCUT2D eigenvalue weighted by Gasteiger charge is 2.20. The Kier molecular flexibility index (Phi) is 3.91. The molecule has 1 atom stereocenters. The van der Waals surface area contributed by atoms with Gasteiger partial charge in [0.25, 0.3) is 0 Å². The maximum atomic E-state index is 11.6. The van der Waals surface area contributed by atoms with E-state index in [2.05, 4.69) is 26.1 Å². The van der Waals surface area contributed by atoms with Crippen LogP contribution in [-0.2, 0) is 4.79 Å². The summed E-state index contributed by atoms with van der Waals surface area (Å²) in [5.74, 6) is 0.640. The monoisotopic (exact) mass is 308 g/mol. The predicted octanol–water partition coefficient (Wildman–Crippen LogP) is 3.58. The maximum Gasteiger partial charge on any atom is 0.237 e. The van der Waals surface area contributed by atoms with E-state index in [9.17, 15) is 4.79 Å². The van der Waals surface area contributed by atoms with Crippen molar-refractivity contribution in [2.75, 3.05) is 0 Å². The van der Waals surface area contributed by atoms with Crippen molar-refractivity contribution in [1.82, 2.24) is 10.1 Å². The Balaban J connectivity index is 2.25. The van der Waals surface area contributed by atoms with Crippen LogP contribution in [0.3, 0.4) is 0 Å². The topological polar surface area (TPSA) is 56.0 Å². The van der Waals surface area contributed by atoms with E-state index in [1.54, 1.807) is 6.92 Å². The lowest BCUT2D eigenvalue weighted by atomic mass is 10.1. The van der Waals surface area contributed by atoms with Crippen molar-refractivity contribution in [3.63, 3.8) is 0 Å². The molecule has 1 heterocycles. The van der Waals surface area contributed by atoms with Crippen molar-refractivity contribution >= 4 is 21.7 Å². The summed E-state index contributed by atoms with van der Waals surface area (Å²) in [6, 6.07) is 7.61. The van der Waals surface area contributed by atoms with Crippen molar-refractivity contribution < 1.29 is 9.32 Å². The van der Waals surface area contributed by atoms with E-state index in [1.807, 2.05) is 31.2 Å². The second-order valence-corrected chi connectivity index (χ2v) is 4.92. The minimum absolute atomic E-state index is 0.0982. The molecular formula is C13H13BrN2O2. The fourth-order valence-electron chi connectivity index (χ4n) is 1.57. The Morgan fingerprint density at radius 3 is 2.67 bits per heavy atom.